The molecule has 0 aliphatic carbocycles. The quantitative estimate of drug-likeness (QED) is 0.653. The van der Waals surface area contributed by atoms with E-state index in [0.29, 0.717) is 31.2 Å². The van der Waals surface area contributed by atoms with Crippen molar-refractivity contribution in [2.75, 3.05) is 19.6 Å². The number of carbonyl (C=O) groups excluding carboxylic acids is 2. The van der Waals surface area contributed by atoms with Crippen LogP contribution >= 0.6 is 0 Å². The zero-order chi connectivity index (χ0) is 14.7. The summed E-state index contributed by atoms with van der Waals surface area (Å²) in [7, 11) is 0. The van der Waals surface area contributed by atoms with Gasteiger partial charge in [-0.25, -0.2) is 4.98 Å². The van der Waals surface area contributed by atoms with Crippen LogP contribution in [0, 0.1) is 5.92 Å². The van der Waals surface area contributed by atoms with Gasteiger partial charge < -0.3 is 14.8 Å². The Bertz CT molecular complexity index is 558. The van der Waals surface area contributed by atoms with Crippen molar-refractivity contribution in [2.45, 2.75) is 25.9 Å². The predicted octanol–water partition coefficient (Wildman–Crippen LogP) is 0.594. The standard InChI is InChI=1S/C15H20N4O2/c20-11-13-9-17-14-10-18(6-7-19(13)14)15(21)4-3-12-2-1-5-16-8-12/h3-4,9,11-12,16H,1-2,5-8,10H2/b4-3+. The van der Waals surface area contributed by atoms with E-state index < -0.39 is 0 Å². The van der Waals surface area contributed by atoms with Gasteiger partial charge in [-0.05, 0) is 31.4 Å². The summed E-state index contributed by atoms with van der Waals surface area (Å²) in [6, 6.07) is 0. The number of carbonyl (C=O) groups is 2. The minimum absolute atomic E-state index is 0.0301. The fourth-order valence-electron chi connectivity index (χ4n) is 2.93. The van der Waals surface area contributed by atoms with Crippen LogP contribution in [0.3, 0.4) is 0 Å². The van der Waals surface area contributed by atoms with E-state index in [9.17, 15) is 9.59 Å². The normalized spacial score (nSPS) is 22.3. The fourth-order valence-corrected chi connectivity index (χ4v) is 2.93. The molecule has 0 bridgehead atoms. The molecule has 1 aromatic rings. The van der Waals surface area contributed by atoms with Crippen molar-refractivity contribution < 1.29 is 9.59 Å². The van der Waals surface area contributed by atoms with Gasteiger partial charge in [-0.2, -0.15) is 0 Å². The summed E-state index contributed by atoms with van der Waals surface area (Å²) < 4.78 is 1.88. The van der Waals surface area contributed by atoms with Gasteiger partial charge in [0.1, 0.15) is 11.5 Å². The van der Waals surface area contributed by atoms with Gasteiger partial charge in [0, 0.05) is 19.6 Å². The summed E-state index contributed by atoms with van der Waals surface area (Å²) in [6.45, 7) is 3.76. The zero-order valence-electron chi connectivity index (χ0n) is 12.0. The first-order valence-corrected chi connectivity index (χ1v) is 7.45. The third-order valence-corrected chi connectivity index (χ3v) is 4.17. The lowest BCUT2D eigenvalue weighted by Gasteiger charge is -2.27. The van der Waals surface area contributed by atoms with Crippen molar-refractivity contribution in [2.24, 2.45) is 5.92 Å². The summed E-state index contributed by atoms with van der Waals surface area (Å²) in [5.41, 5.74) is 0.584. The van der Waals surface area contributed by atoms with Gasteiger partial charge in [0.2, 0.25) is 5.91 Å². The molecule has 0 saturated carbocycles. The summed E-state index contributed by atoms with van der Waals surface area (Å²) >= 11 is 0. The predicted molar refractivity (Wildman–Crippen MR) is 77.8 cm³/mol. The van der Waals surface area contributed by atoms with Crippen molar-refractivity contribution in [1.82, 2.24) is 19.8 Å². The minimum atomic E-state index is 0.0301. The molecule has 3 rings (SSSR count). The van der Waals surface area contributed by atoms with Crippen molar-refractivity contribution in [3.63, 3.8) is 0 Å². The van der Waals surface area contributed by atoms with Crippen LogP contribution in [0.5, 0.6) is 0 Å². The number of rotatable bonds is 3. The topological polar surface area (TPSA) is 67.2 Å². The molecule has 0 spiro atoms. The largest absolute Gasteiger partial charge is 0.330 e. The summed E-state index contributed by atoms with van der Waals surface area (Å²) in [5.74, 6) is 1.27. The van der Waals surface area contributed by atoms with E-state index in [0.717, 1.165) is 31.6 Å². The molecule has 1 fully saturated rings. The first kappa shape index (κ1) is 14.0. The monoisotopic (exact) mass is 288 g/mol. The molecular formula is C15H20N4O2. The maximum Gasteiger partial charge on any atom is 0.246 e. The van der Waals surface area contributed by atoms with E-state index in [-0.39, 0.29) is 5.91 Å². The van der Waals surface area contributed by atoms with E-state index in [2.05, 4.69) is 10.3 Å². The SMILES string of the molecule is O=Cc1cnc2n1CCN(C(=O)/C=C/C1CCCNC1)C2. The van der Waals surface area contributed by atoms with Crippen molar-refractivity contribution >= 4 is 12.2 Å². The summed E-state index contributed by atoms with van der Waals surface area (Å²) in [5, 5.41) is 3.34. The Morgan fingerprint density at radius 1 is 1.43 bits per heavy atom. The van der Waals surface area contributed by atoms with Gasteiger partial charge >= 0.3 is 0 Å². The lowest BCUT2D eigenvalue weighted by atomic mass is 9.99. The van der Waals surface area contributed by atoms with Gasteiger partial charge in [0.25, 0.3) is 0 Å². The number of amides is 1. The van der Waals surface area contributed by atoms with Crippen molar-refractivity contribution in [1.29, 1.82) is 0 Å². The number of aldehydes is 1. The Kier molecular flexibility index (Phi) is 4.15. The van der Waals surface area contributed by atoms with E-state index in [1.165, 1.54) is 6.42 Å². The molecule has 21 heavy (non-hydrogen) atoms. The molecule has 112 valence electrons. The van der Waals surface area contributed by atoms with E-state index in [1.807, 2.05) is 10.6 Å². The number of fused-ring (bicyclic) bond motifs is 1. The van der Waals surface area contributed by atoms with E-state index in [4.69, 9.17) is 0 Å². The second-order valence-electron chi connectivity index (χ2n) is 5.59. The maximum atomic E-state index is 12.2. The highest BCUT2D eigenvalue weighted by molar-refractivity contribution is 5.87. The first-order valence-electron chi connectivity index (χ1n) is 7.45. The van der Waals surface area contributed by atoms with Crippen LogP contribution in [-0.2, 0) is 17.9 Å². The summed E-state index contributed by atoms with van der Waals surface area (Å²) in [4.78, 5) is 29.1. The van der Waals surface area contributed by atoms with Crippen LogP contribution in [0.1, 0.15) is 29.2 Å². The second kappa shape index (κ2) is 6.22. The summed E-state index contributed by atoms with van der Waals surface area (Å²) in [6.07, 6.45) is 8.40. The van der Waals surface area contributed by atoms with Crippen molar-refractivity contribution in [3.05, 3.63) is 29.9 Å². The van der Waals surface area contributed by atoms with Gasteiger partial charge in [-0.1, -0.05) is 6.08 Å². The van der Waals surface area contributed by atoms with Crippen LogP contribution in [0.15, 0.2) is 18.3 Å². The van der Waals surface area contributed by atoms with Gasteiger partial charge in [-0.15, -0.1) is 0 Å². The average molecular weight is 288 g/mol. The number of hydrogen-bond donors (Lipinski definition) is 1. The molecule has 1 unspecified atom stereocenters. The highest BCUT2D eigenvalue weighted by atomic mass is 16.2. The van der Waals surface area contributed by atoms with Crippen molar-refractivity contribution in [3.8, 4) is 0 Å². The molecule has 1 saturated heterocycles. The Balaban J connectivity index is 1.61. The molecule has 1 aromatic heterocycles. The Labute approximate surface area is 123 Å². The smallest absolute Gasteiger partial charge is 0.246 e. The molecule has 2 aliphatic rings. The first-order chi connectivity index (χ1) is 10.3. The van der Waals surface area contributed by atoms with Crippen LogP contribution in [0.25, 0.3) is 0 Å². The maximum absolute atomic E-state index is 12.2. The van der Waals surface area contributed by atoms with Crippen LogP contribution in [0.4, 0.5) is 0 Å². The molecule has 2 aliphatic heterocycles. The average Bonchev–Trinajstić information content (AvgIpc) is 2.95. The molecule has 6 nitrogen and oxygen atoms in total. The minimum Gasteiger partial charge on any atom is -0.330 e. The third kappa shape index (κ3) is 3.05. The van der Waals surface area contributed by atoms with Crippen LogP contribution < -0.4 is 5.32 Å². The molecule has 0 radical (unpaired) electrons. The zero-order valence-corrected chi connectivity index (χ0v) is 12.0. The van der Waals surface area contributed by atoms with Crippen LogP contribution in [0.2, 0.25) is 0 Å². The molecule has 1 N–H and O–H groups in total. The number of piperidine rings is 1. The highest BCUT2D eigenvalue weighted by Crippen LogP contribution is 2.15. The third-order valence-electron chi connectivity index (χ3n) is 4.17. The lowest BCUT2D eigenvalue weighted by Crippen LogP contribution is -2.38. The van der Waals surface area contributed by atoms with E-state index >= 15 is 0 Å². The number of imidazole rings is 1. The molecule has 6 heteroatoms. The molecule has 1 atom stereocenters. The molecule has 0 aromatic carbocycles. The van der Waals surface area contributed by atoms with Gasteiger partial charge in [-0.3, -0.25) is 9.59 Å². The second-order valence-corrected chi connectivity index (χ2v) is 5.59. The van der Waals surface area contributed by atoms with E-state index in [1.54, 1.807) is 17.2 Å². The Hall–Kier alpha value is -1.95. The number of nitrogens with zero attached hydrogens (tertiary/aromatic N) is 3. The molecule has 1 amide bonds. The van der Waals surface area contributed by atoms with Crippen LogP contribution in [-0.4, -0.2) is 46.3 Å². The number of nitrogens with one attached hydrogen (secondary N) is 1. The fraction of sp³-hybridized carbons (Fsp3) is 0.533. The molecular weight excluding hydrogens is 268 g/mol. The molecule has 3 heterocycles. The highest BCUT2D eigenvalue weighted by Gasteiger charge is 2.22. The number of aromatic nitrogens is 2. The number of hydrogen-bond acceptors (Lipinski definition) is 4. The Morgan fingerprint density at radius 3 is 3.10 bits per heavy atom. The lowest BCUT2D eigenvalue weighted by molar-refractivity contribution is -0.127. The van der Waals surface area contributed by atoms with Gasteiger partial charge in [0.05, 0.1) is 12.7 Å². The Morgan fingerprint density at radius 2 is 2.33 bits per heavy atom. The van der Waals surface area contributed by atoms with Gasteiger partial charge in [0.15, 0.2) is 6.29 Å².